The van der Waals surface area contributed by atoms with E-state index in [2.05, 4.69) is 21.2 Å². The Morgan fingerprint density at radius 2 is 2.21 bits per heavy atom. The Bertz CT molecular complexity index is 680. The Kier molecular flexibility index (Phi) is 4.01. The smallest absolute Gasteiger partial charge is 0.336 e. The molecule has 0 bridgehead atoms. The average Bonchev–Trinajstić information content (AvgIpc) is 2.34. The molecular weight excluding hydrogens is 314 g/mol. The van der Waals surface area contributed by atoms with E-state index in [-0.39, 0.29) is 6.54 Å². The third-order valence-electron chi connectivity index (χ3n) is 2.76. The van der Waals surface area contributed by atoms with E-state index >= 15 is 0 Å². The number of hydrogen-bond donors (Lipinski definition) is 2. The average molecular weight is 326 g/mol. The Morgan fingerprint density at radius 1 is 1.47 bits per heavy atom. The molecule has 6 heteroatoms. The fraction of sp³-hybridized carbons (Fsp3) is 0.231. The van der Waals surface area contributed by atoms with Gasteiger partial charge in [-0.15, -0.1) is 0 Å². The van der Waals surface area contributed by atoms with Crippen LogP contribution in [0.4, 0.5) is 0 Å². The number of carbonyl (C=O) groups is 1. The molecule has 0 aliphatic heterocycles. The molecule has 5 nitrogen and oxygen atoms in total. The van der Waals surface area contributed by atoms with Gasteiger partial charge in [0.15, 0.2) is 0 Å². The molecule has 100 valence electrons. The number of carboxylic acids is 1. The Morgan fingerprint density at radius 3 is 2.89 bits per heavy atom. The minimum absolute atomic E-state index is 0.289. The number of nitrogens with one attached hydrogen (secondary N) is 1. The zero-order valence-corrected chi connectivity index (χ0v) is 11.7. The van der Waals surface area contributed by atoms with Crippen LogP contribution < -0.4 is 10.9 Å². The van der Waals surface area contributed by atoms with Crippen molar-refractivity contribution < 1.29 is 14.3 Å². The van der Waals surface area contributed by atoms with Gasteiger partial charge >= 0.3 is 11.6 Å². The normalized spacial score (nSPS) is 12.5. The lowest BCUT2D eigenvalue weighted by Crippen LogP contribution is -2.33. The van der Waals surface area contributed by atoms with Crippen molar-refractivity contribution >= 4 is 32.9 Å². The largest absolute Gasteiger partial charge is 0.480 e. The lowest BCUT2D eigenvalue weighted by atomic mass is 10.1. The van der Waals surface area contributed by atoms with E-state index < -0.39 is 17.6 Å². The van der Waals surface area contributed by atoms with Crippen LogP contribution in [0.2, 0.25) is 0 Å². The standard InChI is InChI=1S/C13H12BrNO4/c1-7(13(17)18)15-6-8-4-12(16)19-11-5-9(14)2-3-10(8)11/h2-5,7,15H,6H2,1H3,(H,17,18). The monoisotopic (exact) mass is 325 g/mol. The highest BCUT2D eigenvalue weighted by Crippen LogP contribution is 2.21. The van der Waals surface area contributed by atoms with Crippen molar-refractivity contribution in [2.45, 2.75) is 19.5 Å². The van der Waals surface area contributed by atoms with Crippen molar-refractivity contribution in [2.75, 3.05) is 0 Å². The van der Waals surface area contributed by atoms with E-state index in [9.17, 15) is 9.59 Å². The van der Waals surface area contributed by atoms with Crippen LogP contribution in [-0.4, -0.2) is 17.1 Å². The molecule has 19 heavy (non-hydrogen) atoms. The lowest BCUT2D eigenvalue weighted by Gasteiger charge is -2.10. The second-order valence-electron chi connectivity index (χ2n) is 4.17. The van der Waals surface area contributed by atoms with Crippen LogP contribution in [0.15, 0.2) is 37.9 Å². The number of benzene rings is 1. The van der Waals surface area contributed by atoms with E-state index in [1.807, 2.05) is 12.1 Å². The number of hydrogen-bond acceptors (Lipinski definition) is 4. The molecule has 1 aromatic carbocycles. The lowest BCUT2D eigenvalue weighted by molar-refractivity contribution is -0.139. The maximum atomic E-state index is 11.5. The predicted octanol–water partition coefficient (Wildman–Crippen LogP) is 2.12. The van der Waals surface area contributed by atoms with Crippen molar-refractivity contribution in [3.63, 3.8) is 0 Å². The van der Waals surface area contributed by atoms with Gasteiger partial charge in [0.2, 0.25) is 0 Å². The molecule has 2 N–H and O–H groups in total. The van der Waals surface area contributed by atoms with Crippen molar-refractivity contribution in [3.05, 3.63) is 44.7 Å². The Hall–Kier alpha value is -1.66. The molecular formula is C13H12BrNO4. The summed E-state index contributed by atoms with van der Waals surface area (Å²) in [7, 11) is 0. The van der Waals surface area contributed by atoms with Gasteiger partial charge in [0.1, 0.15) is 11.6 Å². The quantitative estimate of drug-likeness (QED) is 0.842. The van der Waals surface area contributed by atoms with Crippen molar-refractivity contribution in [1.82, 2.24) is 5.32 Å². The summed E-state index contributed by atoms with van der Waals surface area (Å²) < 4.78 is 5.92. The molecule has 0 radical (unpaired) electrons. The first-order chi connectivity index (χ1) is 8.97. The molecule has 2 aromatic rings. The minimum Gasteiger partial charge on any atom is -0.480 e. The SMILES string of the molecule is CC(NCc1cc(=O)oc2cc(Br)ccc12)C(=O)O. The third kappa shape index (κ3) is 3.21. The van der Waals surface area contributed by atoms with Gasteiger partial charge in [-0.3, -0.25) is 4.79 Å². The van der Waals surface area contributed by atoms with Crippen LogP contribution in [0.25, 0.3) is 11.0 Å². The second-order valence-corrected chi connectivity index (χ2v) is 5.09. The summed E-state index contributed by atoms with van der Waals surface area (Å²) in [6.45, 7) is 1.84. The molecule has 0 saturated heterocycles. The maximum Gasteiger partial charge on any atom is 0.336 e. The van der Waals surface area contributed by atoms with E-state index in [1.165, 1.54) is 6.07 Å². The van der Waals surface area contributed by atoms with Crippen LogP contribution in [0.1, 0.15) is 12.5 Å². The molecule has 1 heterocycles. The third-order valence-corrected chi connectivity index (χ3v) is 3.25. The molecule has 0 amide bonds. The molecule has 1 unspecified atom stereocenters. The van der Waals surface area contributed by atoms with Crippen LogP contribution in [-0.2, 0) is 11.3 Å². The van der Waals surface area contributed by atoms with Crippen LogP contribution >= 0.6 is 15.9 Å². The molecule has 0 fully saturated rings. The summed E-state index contributed by atoms with van der Waals surface area (Å²) in [5.74, 6) is -0.935. The zero-order chi connectivity index (χ0) is 14.0. The first-order valence-electron chi connectivity index (χ1n) is 5.66. The van der Waals surface area contributed by atoms with Crippen LogP contribution in [0.5, 0.6) is 0 Å². The van der Waals surface area contributed by atoms with Gasteiger partial charge in [-0.05, 0) is 30.7 Å². The zero-order valence-electron chi connectivity index (χ0n) is 10.1. The first-order valence-corrected chi connectivity index (χ1v) is 6.45. The van der Waals surface area contributed by atoms with Crippen molar-refractivity contribution in [1.29, 1.82) is 0 Å². The fourth-order valence-corrected chi connectivity index (χ4v) is 2.04. The summed E-state index contributed by atoms with van der Waals surface area (Å²) in [5.41, 5.74) is 0.735. The Balaban J connectivity index is 2.37. The molecule has 1 atom stereocenters. The maximum absolute atomic E-state index is 11.5. The highest BCUT2D eigenvalue weighted by atomic mass is 79.9. The molecule has 0 saturated carbocycles. The number of aliphatic carboxylic acids is 1. The highest BCUT2D eigenvalue weighted by Gasteiger charge is 2.11. The van der Waals surface area contributed by atoms with Crippen molar-refractivity contribution in [2.24, 2.45) is 0 Å². The van der Waals surface area contributed by atoms with Gasteiger partial charge in [0, 0.05) is 22.5 Å². The van der Waals surface area contributed by atoms with E-state index in [0.29, 0.717) is 11.1 Å². The number of fused-ring (bicyclic) bond motifs is 1. The van der Waals surface area contributed by atoms with Crippen molar-refractivity contribution in [3.8, 4) is 0 Å². The predicted molar refractivity (Wildman–Crippen MR) is 74.1 cm³/mol. The molecule has 1 aromatic heterocycles. The minimum atomic E-state index is -0.935. The van der Waals surface area contributed by atoms with E-state index in [4.69, 9.17) is 9.52 Å². The number of halogens is 1. The fourth-order valence-electron chi connectivity index (χ4n) is 1.70. The van der Waals surface area contributed by atoms with Gasteiger partial charge in [-0.1, -0.05) is 15.9 Å². The van der Waals surface area contributed by atoms with Crippen LogP contribution in [0, 0.1) is 0 Å². The van der Waals surface area contributed by atoms with Gasteiger partial charge in [-0.2, -0.15) is 0 Å². The van der Waals surface area contributed by atoms with Gasteiger partial charge in [0.25, 0.3) is 0 Å². The summed E-state index contributed by atoms with van der Waals surface area (Å²) >= 11 is 3.31. The van der Waals surface area contributed by atoms with Gasteiger partial charge < -0.3 is 14.8 Å². The summed E-state index contributed by atoms with van der Waals surface area (Å²) in [6, 6.07) is 6.06. The summed E-state index contributed by atoms with van der Waals surface area (Å²) in [5, 5.41) is 12.4. The molecule has 2 rings (SSSR count). The Labute approximate surface area is 117 Å². The second kappa shape index (κ2) is 5.54. The number of rotatable bonds is 4. The topological polar surface area (TPSA) is 79.5 Å². The first kappa shape index (κ1) is 13.8. The van der Waals surface area contributed by atoms with E-state index in [0.717, 1.165) is 9.86 Å². The summed E-state index contributed by atoms with van der Waals surface area (Å²) in [4.78, 5) is 22.2. The van der Waals surface area contributed by atoms with Gasteiger partial charge in [-0.25, -0.2) is 4.79 Å². The molecule has 0 aliphatic carbocycles. The highest BCUT2D eigenvalue weighted by molar-refractivity contribution is 9.10. The van der Waals surface area contributed by atoms with E-state index in [1.54, 1.807) is 13.0 Å². The summed E-state index contributed by atoms with van der Waals surface area (Å²) in [6.07, 6.45) is 0. The molecule has 0 spiro atoms. The molecule has 0 aliphatic rings. The van der Waals surface area contributed by atoms with Crippen LogP contribution in [0.3, 0.4) is 0 Å². The number of carboxylic acid groups (broad SMARTS) is 1. The van der Waals surface area contributed by atoms with Gasteiger partial charge in [0.05, 0.1) is 0 Å².